The standard InChI is InChI=1S/C72H53N3/c1-4-47-22-41-62-63-42-39-57(45-69(63)71(2,3)68(62)44-47)75(58-40-43-64-61-18-10-13-21-67(61)72(70(64)46-58)65-19-11-8-16-59(65)60-17-9-12-20-66(60)72)56-37-29-51(30-38-56)50-27-35-55(36-28-50)74(53-14-6-5-7-15-53)54-33-25-49(26-34-54)48-23-31-52(73)32-24-48/h4-46H,1,73H2,2-3H3. The van der Waals surface area contributed by atoms with Gasteiger partial charge in [-0.15, -0.1) is 0 Å². The number of hydrogen-bond acceptors (Lipinski definition) is 3. The SMILES string of the molecule is C=Cc1ccc2c(c1)C(C)(C)c1cc(N(c3ccc(-c4ccc(N(c5ccccc5)c5ccc(-c6ccc(N)cc6)cc5)cc4)cc3)c3ccc4c(c3)C3(c5ccccc5-c5ccccc53)c3ccccc3-4)ccc1-2. The molecule has 356 valence electrons. The first kappa shape index (κ1) is 44.3. The number of nitrogens with zero attached hydrogens (tertiary/aromatic N) is 2. The lowest BCUT2D eigenvalue weighted by Crippen LogP contribution is -2.26. The van der Waals surface area contributed by atoms with E-state index in [9.17, 15) is 0 Å². The summed E-state index contributed by atoms with van der Waals surface area (Å²) < 4.78 is 0. The van der Waals surface area contributed by atoms with Crippen LogP contribution >= 0.6 is 0 Å². The molecule has 0 fully saturated rings. The van der Waals surface area contributed by atoms with Gasteiger partial charge < -0.3 is 15.5 Å². The van der Waals surface area contributed by atoms with Gasteiger partial charge in [-0.1, -0.05) is 196 Å². The Balaban J connectivity index is 0.875. The third-order valence-corrected chi connectivity index (χ3v) is 16.4. The highest BCUT2D eigenvalue weighted by Gasteiger charge is 2.51. The predicted molar refractivity (Wildman–Crippen MR) is 315 cm³/mol. The summed E-state index contributed by atoms with van der Waals surface area (Å²) in [6, 6.07) is 93.8. The number of hydrogen-bond donors (Lipinski definition) is 1. The quantitative estimate of drug-likeness (QED) is 0.146. The van der Waals surface area contributed by atoms with E-state index in [-0.39, 0.29) is 5.41 Å². The van der Waals surface area contributed by atoms with Crippen molar-refractivity contribution in [3.05, 3.63) is 300 Å². The number of para-hydroxylation sites is 1. The van der Waals surface area contributed by atoms with E-state index in [2.05, 4.69) is 273 Å². The topological polar surface area (TPSA) is 32.5 Å². The molecule has 0 radical (unpaired) electrons. The van der Waals surface area contributed by atoms with E-state index in [1.165, 1.54) is 66.8 Å². The van der Waals surface area contributed by atoms with E-state index >= 15 is 0 Å². The van der Waals surface area contributed by atoms with Gasteiger partial charge in [0.15, 0.2) is 0 Å². The molecule has 3 aliphatic carbocycles. The van der Waals surface area contributed by atoms with Crippen LogP contribution in [-0.2, 0) is 10.8 Å². The smallest absolute Gasteiger partial charge is 0.0726 e. The van der Waals surface area contributed by atoms with Crippen molar-refractivity contribution in [1.29, 1.82) is 0 Å². The zero-order valence-corrected chi connectivity index (χ0v) is 42.0. The maximum Gasteiger partial charge on any atom is 0.0726 e. The Bertz CT molecular complexity index is 3970. The van der Waals surface area contributed by atoms with Crippen molar-refractivity contribution in [2.75, 3.05) is 15.5 Å². The molecule has 0 aromatic heterocycles. The van der Waals surface area contributed by atoms with Crippen LogP contribution in [0.3, 0.4) is 0 Å². The molecule has 75 heavy (non-hydrogen) atoms. The molecule has 0 atom stereocenters. The van der Waals surface area contributed by atoms with E-state index in [1.54, 1.807) is 0 Å². The van der Waals surface area contributed by atoms with Crippen molar-refractivity contribution in [2.45, 2.75) is 24.7 Å². The first-order valence-electron chi connectivity index (χ1n) is 26.0. The summed E-state index contributed by atoms with van der Waals surface area (Å²) in [6.07, 6.45) is 1.95. The fourth-order valence-electron chi connectivity index (χ4n) is 12.8. The van der Waals surface area contributed by atoms with Crippen molar-refractivity contribution in [3.8, 4) is 55.6 Å². The molecule has 0 saturated carbocycles. The molecule has 0 heterocycles. The molecule has 3 aliphatic rings. The summed E-state index contributed by atoms with van der Waals surface area (Å²) in [4.78, 5) is 4.79. The highest BCUT2D eigenvalue weighted by molar-refractivity contribution is 5.97. The largest absolute Gasteiger partial charge is 0.399 e. The summed E-state index contributed by atoms with van der Waals surface area (Å²) in [5.41, 5.74) is 34.2. The molecule has 0 bridgehead atoms. The molecule has 0 unspecified atom stereocenters. The molecule has 3 heteroatoms. The Hall–Kier alpha value is -9.44. The Labute approximate surface area is 439 Å². The molecule has 3 nitrogen and oxygen atoms in total. The second kappa shape index (κ2) is 17.1. The van der Waals surface area contributed by atoms with Gasteiger partial charge >= 0.3 is 0 Å². The van der Waals surface area contributed by atoms with E-state index in [0.717, 1.165) is 67.6 Å². The summed E-state index contributed by atoms with van der Waals surface area (Å²) in [5, 5.41) is 0. The molecular formula is C72H53N3. The molecule has 0 saturated heterocycles. The van der Waals surface area contributed by atoms with Crippen molar-refractivity contribution in [3.63, 3.8) is 0 Å². The van der Waals surface area contributed by atoms with E-state index < -0.39 is 5.41 Å². The van der Waals surface area contributed by atoms with Crippen LogP contribution < -0.4 is 15.5 Å². The molecule has 11 aromatic rings. The molecular weight excluding hydrogens is 907 g/mol. The molecule has 11 aromatic carbocycles. The van der Waals surface area contributed by atoms with Gasteiger partial charge in [-0.25, -0.2) is 0 Å². The number of nitrogens with two attached hydrogens (primary N) is 1. The van der Waals surface area contributed by atoms with Crippen LogP contribution in [0.4, 0.5) is 39.8 Å². The van der Waals surface area contributed by atoms with Gasteiger partial charge in [-0.3, -0.25) is 0 Å². The molecule has 0 aliphatic heterocycles. The van der Waals surface area contributed by atoms with Gasteiger partial charge in [0.25, 0.3) is 0 Å². The zero-order chi connectivity index (χ0) is 50.4. The average Bonchev–Trinajstić information content (AvgIpc) is 4.04. The Morgan fingerprint density at radius 3 is 1.12 bits per heavy atom. The highest BCUT2D eigenvalue weighted by atomic mass is 15.1. The fraction of sp³-hybridized carbons (Fsp3) is 0.0556. The Morgan fingerprint density at radius 1 is 0.320 bits per heavy atom. The van der Waals surface area contributed by atoms with Crippen molar-refractivity contribution >= 4 is 45.9 Å². The van der Waals surface area contributed by atoms with Crippen LogP contribution in [0, 0.1) is 0 Å². The Morgan fingerprint density at radius 2 is 0.653 bits per heavy atom. The minimum atomic E-state index is -0.460. The van der Waals surface area contributed by atoms with Crippen LogP contribution in [0.2, 0.25) is 0 Å². The average molecular weight is 960 g/mol. The number of benzene rings is 11. The van der Waals surface area contributed by atoms with Crippen molar-refractivity contribution in [2.24, 2.45) is 0 Å². The third-order valence-electron chi connectivity index (χ3n) is 16.4. The van der Waals surface area contributed by atoms with Gasteiger partial charge in [0.2, 0.25) is 0 Å². The number of nitrogen functional groups attached to an aromatic ring is 1. The molecule has 1 spiro atoms. The summed E-state index contributed by atoms with van der Waals surface area (Å²) in [6.45, 7) is 8.83. The normalized spacial score (nSPS) is 13.5. The second-order valence-corrected chi connectivity index (χ2v) is 20.7. The van der Waals surface area contributed by atoms with Gasteiger partial charge in [0, 0.05) is 45.2 Å². The molecule has 14 rings (SSSR count). The van der Waals surface area contributed by atoms with Gasteiger partial charge in [0.1, 0.15) is 0 Å². The van der Waals surface area contributed by atoms with Gasteiger partial charge in [-0.05, 0) is 180 Å². The van der Waals surface area contributed by atoms with Gasteiger partial charge in [0.05, 0.1) is 5.41 Å². The summed E-state index contributed by atoms with van der Waals surface area (Å²) in [7, 11) is 0. The van der Waals surface area contributed by atoms with E-state index in [1.807, 2.05) is 18.2 Å². The van der Waals surface area contributed by atoms with Crippen LogP contribution in [0.1, 0.15) is 52.8 Å². The number of anilines is 7. The van der Waals surface area contributed by atoms with E-state index in [0.29, 0.717) is 0 Å². The highest BCUT2D eigenvalue weighted by Crippen LogP contribution is 2.63. The second-order valence-electron chi connectivity index (χ2n) is 20.7. The summed E-state index contributed by atoms with van der Waals surface area (Å²) in [5.74, 6) is 0. The number of fused-ring (bicyclic) bond motifs is 13. The Kier molecular flexibility index (Phi) is 10.1. The first-order chi connectivity index (χ1) is 36.8. The maximum absolute atomic E-state index is 6.00. The lowest BCUT2D eigenvalue weighted by atomic mass is 9.70. The van der Waals surface area contributed by atoms with Gasteiger partial charge in [-0.2, -0.15) is 0 Å². The lowest BCUT2D eigenvalue weighted by molar-refractivity contribution is 0.660. The zero-order valence-electron chi connectivity index (χ0n) is 42.0. The van der Waals surface area contributed by atoms with Crippen molar-refractivity contribution < 1.29 is 0 Å². The maximum atomic E-state index is 6.00. The van der Waals surface area contributed by atoms with Crippen LogP contribution in [-0.4, -0.2) is 0 Å². The first-order valence-corrected chi connectivity index (χ1v) is 26.0. The molecule has 2 N–H and O–H groups in total. The van der Waals surface area contributed by atoms with Crippen LogP contribution in [0.5, 0.6) is 0 Å². The lowest BCUT2D eigenvalue weighted by Gasteiger charge is -2.32. The van der Waals surface area contributed by atoms with Crippen molar-refractivity contribution in [1.82, 2.24) is 0 Å². The third kappa shape index (κ3) is 6.81. The molecule has 0 amide bonds. The van der Waals surface area contributed by atoms with E-state index in [4.69, 9.17) is 5.73 Å². The fourth-order valence-corrected chi connectivity index (χ4v) is 12.8. The van der Waals surface area contributed by atoms with Crippen LogP contribution in [0.25, 0.3) is 61.7 Å². The number of rotatable bonds is 9. The monoisotopic (exact) mass is 959 g/mol. The predicted octanol–water partition coefficient (Wildman–Crippen LogP) is 18.8. The van der Waals surface area contributed by atoms with Crippen LogP contribution in [0.15, 0.2) is 261 Å². The summed E-state index contributed by atoms with van der Waals surface area (Å²) >= 11 is 0. The minimum Gasteiger partial charge on any atom is -0.399 e. The minimum absolute atomic E-state index is 0.209.